The van der Waals surface area contributed by atoms with Crippen LogP contribution in [0, 0.1) is 0 Å². The van der Waals surface area contributed by atoms with Crippen molar-refractivity contribution in [3.63, 3.8) is 0 Å². The molecule has 1 aliphatic heterocycles. The number of thioether (sulfide) groups is 1. The molecule has 0 bridgehead atoms. The second-order valence-electron chi connectivity index (χ2n) is 7.93. The van der Waals surface area contributed by atoms with Gasteiger partial charge in [-0.25, -0.2) is 0 Å². The van der Waals surface area contributed by atoms with E-state index < -0.39 is 24.3 Å². The predicted molar refractivity (Wildman–Crippen MR) is 145 cm³/mol. The van der Waals surface area contributed by atoms with Crippen LogP contribution >= 0.6 is 24.0 Å². The first-order valence-corrected chi connectivity index (χ1v) is 12.6. The third-order valence-electron chi connectivity index (χ3n) is 5.20. The maximum Gasteiger partial charge on any atom is 0.416 e. The number of halogens is 3. The lowest BCUT2D eigenvalue weighted by molar-refractivity contribution is -0.137. The zero-order chi connectivity index (χ0) is 27.3. The Morgan fingerprint density at radius 2 is 1.76 bits per heavy atom. The van der Waals surface area contributed by atoms with Crippen molar-refractivity contribution in [1.82, 2.24) is 0 Å². The molecule has 1 N–H and O–H groups in total. The Morgan fingerprint density at radius 1 is 1.03 bits per heavy atom. The molecule has 1 saturated heterocycles. The van der Waals surface area contributed by atoms with E-state index in [4.69, 9.17) is 21.7 Å². The second kappa shape index (κ2) is 11.7. The van der Waals surface area contributed by atoms with Crippen LogP contribution in [0.4, 0.5) is 24.5 Å². The highest BCUT2D eigenvalue weighted by molar-refractivity contribution is 8.27. The number of hydrogen-bond acceptors (Lipinski definition) is 6. The molecular formula is C27H21F3N2O4S2. The highest BCUT2D eigenvalue weighted by Crippen LogP contribution is 2.37. The third kappa shape index (κ3) is 6.73. The van der Waals surface area contributed by atoms with Crippen LogP contribution in [-0.4, -0.2) is 29.3 Å². The van der Waals surface area contributed by atoms with Crippen LogP contribution in [0.1, 0.15) is 18.1 Å². The summed E-state index contributed by atoms with van der Waals surface area (Å²) >= 11 is 6.59. The van der Waals surface area contributed by atoms with Crippen molar-refractivity contribution in [1.29, 1.82) is 0 Å². The Kier molecular flexibility index (Phi) is 8.38. The molecule has 0 aliphatic carbocycles. The molecule has 0 unspecified atom stereocenters. The number of nitrogens with one attached hydrogen (secondary N) is 1. The summed E-state index contributed by atoms with van der Waals surface area (Å²) in [6.07, 6.45) is -2.84. The monoisotopic (exact) mass is 558 g/mol. The molecule has 0 radical (unpaired) electrons. The molecule has 38 heavy (non-hydrogen) atoms. The molecule has 11 heteroatoms. The number of anilines is 2. The lowest BCUT2D eigenvalue weighted by Gasteiger charge is -2.15. The molecule has 196 valence electrons. The van der Waals surface area contributed by atoms with Crippen LogP contribution in [0.2, 0.25) is 0 Å². The molecule has 1 aliphatic rings. The Morgan fingerprint density at radius 3 is 2.47 bits per heavy atom. The van der Waals surface area contributed by atoms with Gasteiger partial charge < -0.3 is 14.8 Å². The molecule has 0 spiro atoms. The molecule has 3 aromatic rings. The molecule has 2 amide bonds. The second-order valence-corrected chi connectivity index (χ2v) is 9.61. The summed E-state index contributed by atoms with van der Waals surface area (Å²) in [4.78, 5) is 27.1. The molecule has 6 nitrogen and oxygen atoms in total. The maximum absolute atomic E-state index is 13.1. The number of carbonyl (C=O) groups excluding carboxylic acids is 2. The van der Waals surface area contributed by atoms with Gasteiger partial charge in [-0.1, -0.05) is 42.2 Å². The number of ether oxygens (including phenoxy) is 2. The molecule has 0 saturated carbocycles. The van der Waals surface area contributed by atoms with E-state index >= 15 is 0 Å². The molecule has 0 atom stereocenters. The molecule has 1 fully saturated rings. The van der Waals surface area contributed by atoms with E-state index in [-0.39, 0.29) is 11.6 Å². The number of rotatable bonds is 8. The Labute approximate surface area is 226 Å². The summed E-state index contributed by atoms with van der Waals surface area (Å²) in [6.45, 7) is 2.00. The number of amides is 2. The summed E-state index contributed by atoms with van der Waals surface area (Å²) in [6, 6.07) is 18.1. The molecular weight excluding hydrogens is 537 g/mol. The largest absolute Gasteiger partial charge is 0.494 e. The number of carbonyl (C=O) groups is 2. The summed E-state index contributed by atoms with van der Waals surface area (Å²) in [5, 5.41) is 2.39. The number of hydrogen-bond donors (Lipinski definition) is 1. The van der Waals surface area contributed by atoms with Gasteiger partial charge in [0, 0.05) is 5.69 Å². The normalized spacial score (nSPS) is 14.6. The standard InChI is InChI=1S/C27H21F3N2O4S2/c1-2-35-21-11-9-20(10-12-21)32-25(34)23(38-26(32)37)14-17-5-3-8-22(13-17)36-16-24(33)31-19-7-4-6-18(15-19)27(28,29)30/h3-15H,2,16H2,1H3,(H,31,33)/b23-14-. The predicted octanol–water partition coefficient (Wildman–Crippen LogP) is 6.53. The van der Waals surface area contributed by atoms with Gasteiger partial charge in [-0.15, -0.1) is 0 Å². The van der Waals surface area contributed by atoms with E-state index in [9.17, 15) is 22.8 Å². The van der Waals surface area contributed by atoms with Crippen LogP contribution in [0.3, 0.4) is 0 Å². The van der Waals surface area contributed by atoms with Gasteiger partial charge in [-0.3, -0.25) is 14.5 Å². The Balaban J connectivity index is 1.39. The molecule has 3 aromatic carbocycles. The fraction of sp³-hybridized carbons (Fsp3) is 0.148. The van der Waals surface area contributed by atoms with Gasteiger partial charge in [0.1, 0.15) is 11.5 Å². The van der Waals surface area contributed by atoms with Gasteiger partial charge in [0.15, 0.2) is 10.9 Å². The van der Waals surface area contributed by atoms with Crippen molar-refractivity contribution in [3.05, 3.63) is 88.8 Å². The number of benzene rings is 3. The first-order chi connectivity index (χ1) is 18.1. The third-order valence-corrected chi connectivity index (χ3v) is 6.50. The van der Waals surface area contributed by atoms with E-state index in [2.05, 4.69) is 5.32 Å². The molecule has 4 rings (SSSR count). The van der Waals surface area contributed by atoms with Crippen molar-refractivity contribution in [2.24, 2.45) is 0 Å². The minimum absolute atomic E-state index is 0.0109. The van der Waals surface area contributed by atoms with Crippen LogP contribution in [0.15, 0.2) is 77.7 Å². The van der Waals surface area contributed by atoms with Crippen LogP contribution < -0.4 is 19.7 Å². The number of thiocarbonyl (C=S) groups is 1. The van der Waals surface area contributed by atoms with Gasteiger partial charge in [0.05, 0.1) is 22.8 Å². The summed E-state index contributed by atoms with van der Waals surface area (Å²) < 4.78 is 50.0. The summed E-state index contributed by atoms with van der Waals surface area (Å²) in [5.74, 6) is 0.152. The van der Waals surface area contributed by atoms with Gasteiger partial charge in [0.2, 0.25) is 0 Å². The van der Waals surface area contributed by atoms with Crippen molar-refractivity contribution < 1.29 is 32.2 Å². The number of nitrogens with zero attached hydrogens (tertiary/aromatic N) is 1. The lowest BCUT2D eigenvalue weighted by atomic mass is 10.2. The highest BCUT2D eigenvalue weighted by atomic mass is 32.2. The smallest absolute Gasteiger partial charge is 0.416 e. The van der Waals surface area contributed by atoms with Gasteiger partial charge in [-0.05, 0) is 73.2 Å². The topological polar surface area (TPSA) is 67.9 Å². The average Bonchev–Trinajstić information content (AvgIpc) is 3.16. The Bertz CT molecular complexity index is 1390. The van der Waals surface area contributed by atoms with E-state index in [1.54, 1.807) is 54.6 Å². The van der Waals surface area contributed by atoms with Crippen LogP contribution in [0.25, 0.3) is 6.08 Å². The fourth-order valence-corrected chi connectivity index (χ4v) is 4.81. The summed E-state index contributed by atoms with van der Waals surface area (Å²) in [5.41, 5.74) is 0.421. The van der Waals surface area contributed by atoms with E-state index in [1.165, 1.54) is 28.8 Å². The lowest BCUT2D eigenvalue weighted by Crippen LogP contribution is -2.27. The maximum atomic E-state index is 13.1. The van der Waals surface area contributed by atoms with Crippen LogP contribution in [0.5, 0.6) is 11.5 Å². The van der Waals surface area contributed by atoms with Crippen LogP contribution in [-0.2, 0) is 15.8 Å². The first-order valence-electron chi connectivity index (χ1n) is 11.3. The van der Waals surface area contributed by atoms with E-state index in [0.29, 0.717) is 38.6 Å². The van der Waals surface area contributed by atoms with Crippen molar-refractivity contribution in [2.45, 2.75) is 13.1 Å². The van der Waals surface area contributed by atoms with Crippen molar-refractivity contribution in [3.8, 4) is 11.5 Å². The van der Waals surface area contributed by atoms with E-state index in [1.807, 2.05) is 6.92 Å². The van der Waals surface area contributed by atoms with Crippen molar-refractivity contribution in [2.75, 3.05) is 23.4 Å². The first kappa shape index (κ1) is 27.2. The average molecular weight is 559 g/mol. The quantitative estimate of drug-likeness (QED) is 0.251. The zero-order valence-electron chi connectivity index (χ0n) is 20.0. The fourth-order valence-electron chi connectivity index (χ4n) is 3.51. The Hall–Kier alpha value is -3.83. The van der Waals surface area contributed by atoms with E-state index in [0.717, 1.165) is 12.1 Å². The minimum atomic E-state index is -4.51. The zero-order valence-corrected chi connectivity index (χ0v) is 21.6. The molecule has 1 heterocycles. The van der Waals surface area contributed by atoms with Gasteiger partial charge in [-0.2, -0.15) is 13.2 Å². The van der Waals surface area contributed by atoms with Gasteiger partial charge in [0.25, 0.3) is 11.8 Å². The van der Waals surface area contributed by atoms with Crippen molar-refractivity contribution >= 4 is 57.6 Å². The number of alkyl halides is 3. The highest BCUT2D eigenvalue weighted by Gasteiger charge is 2.33. The molecule has 0 aromatic heterocycles. The summed E-state index contributed by atoms with van der Waals surface area (Å²) in [7, 11) is 0. The van der Waals surface area contributed by atoms with Gasteiger partial charge >= 0.3 is 6.18 Å². The SMILES string of the molecule is CCOc1ccc(N2C(=O)/C(=C/c3cccc(OCC(=O)Nc4cccc(C(F)(F)F)c4)c3)SC2=S)cc1. The minimum Gasteiger partial charge on any atom is -0.494 e.